The van der Waals surface area contributed by atoms with Crippen LogP contribution in [0.25, 0.3) is 0 Å². The summed E-state index contributed by atoms with van der Waals surface area (Å²) in [6.45, 7) is 1.76. The lowest BCUT2D eigenvalue weighted by Gasteiger charge is -2.29. The van der Waals surface area contributed by atoms with Crippen molar-refractivity contribution in [1.29, 1.82) is 0 Å². The number of carbonyl (C=O) groups excluding carboxylic acids is 1. The van der Waals surface area contributed by atoms with Crippen LogP contribution in [0, 0.1) is 5.92 Å². The van der Waals surface area contributed by atoms with Gasteiger partial charge in [0, 0.05) is 19.3 Å². The summed E-state index contributed by atoms with van der Waals surface area (Å²) in [7, 11) is 2.07. The van der Waals surface area contributed by atoms with Gasteiger partial charge < -0.3 is 15.0 Å². The van der Waals surface area contributed by atoms with Gasteiger partial charge in [-0.2, -0.15) is 0 Å². The number of aromatic nitrogens is 1. The third-order valence-electron chi connectivity index (χ3n) is 3.61. The molecule has 1 N–H and O–H groups in total. The summed E-state index contributed by atoms with van der Waals surface area (Å²) >= 11 is 0. The number of likely N-dealkylation sites (N-methyl/N-ethyl adjacent to an activating group) is 1. The molecule has 1 aromatic heterocycles. The monoisotopic (exact) mass is 247 g/mol. The molecule has 2 aliphatic heterocycles. The molecule has 0 aromatic carbocycles. The van der Waals surface area contributed by atoms with E-state index >= 15 is 0 Å². The van der Waals surface area contributed by atoms with Crippen molar-refractivity contribution in [1.82, 2.24) is 9.88 Å². The molecule has 3 rings (SSSR count). The molecule has 1 aromatic rings. The van der Waals surface area contributed by atoms with Crippen LogP contribution in [0.5, 0.6) is 0 Å². The van der Waals surface area contributed by atoms with Crippen molar-refractivity contribution in [3.63, 3.8) is 0 Å². The number of rotatable bonds is 2. The van der Waals surface area contributed by atoms with Gasteiger partial charge in [0.05, 0.1) is 30.0 Å². The lowest BCUT2D eigenvalue weighted by Crippen LogP contribution is -2.42. The second kappa shape index (κ2) is 4.66. The number of hydrogen-bond acceptors (Lipinski definition) is 4. The van der Waals surface area contributed by atoms with Crippen molar-refractivity contribution >= 4 is 11.6 Å². The number of morpholine rings is 1. The number of pyridine rings is 1. The van der Waals surface area contributed by atoms with E-state index in [1.165, 1.54) is 0 Å². The molecule has 0 aliphatic carbocycles. The normalized spacial score (nSPS) is 31.3. The first kappa shape index (κ1) is 11.6. The van der Waals surface area contributed by atoms with Crippen LogP contribution < -0.4 is 5.32 Å². The van der Waals surface area contributed by atoms with E-state index in [0.717, 1.165) is 25.2 Å². The molecule has 5 heteroatoms. The Hall–Kier alpha value is -1.46. The Kier molecular flexibility index (Phi) is 3.01. The highest BCUT2D eigenvalue weighted by Gasteiger charge is 2.43. The van der Waals surface area contributed by atoms with Gasteiger partial charge in [-0.3, -0.25) is 9.78 Å². The number of nitrogens with zero attached hydrogens (tertiary/aromatic N) is 2. The van der Waals surface area contributed by atoms with Gasteiger partial charge in [-0.25, -0.2) is 0 Å². The number of amides is 1. The Labute approximate surface area is 106 Å². The van der Waals surface area contributed by atoms with Crippen molar-refractivity contribution in [2.24, 2.45) is 5.92 Å². The number of ether oxygens (including phenoxy) is 1. The molecule has 2 aliphatic rings. The Morgan fingerprint density at radius 3 is 3.22 bits per heavy atom. The number of anilines is 1. The Balaban J connectivity index is 1.67. The second-order valence-corrected chi connectivity index (χ2v) is 5.09. The Morgan fingerprint density at radius 1 is 1.56 bits per heavy atom. The average Bonchev–Trinajstić information content (AvgIpc) is 2.66. The molecule has 3 atom stereocenters. The zero-order valence-corrected chi connectivity index (χ0v) is 10.4. The first-order valence-corrected chi connectivity index (χ1v) is 6.27. The lowest BCUT2D eigenvalue weighted by atomic mass is 9.99. The van der Waals surface area contributed by atoms with E-state index in [2.05, 4.69) is 22.2 Å². The maximum absolute atomic E-state index is 12.2. The molecule has 0 radical (unpaired) electrons. The fourth-order valence-electron chi connectivity index (χ4n) is 2.80. The highest BCUT2D eigenvalue weighted by atomic mass is 16.5. The number of carbonyl (C=O) groups is 1. The third kappa shape index (κ3) is 2.23. The first-order valence-electron chi connectivity index (χ1n) is 6.27. The van der Waals surface area contributed by atoms with E-state index in [1.807, 2.05) is 12.1 Å². The minimum Gasteiger partial charge on any atom is -0.371 e. The van der Waals surface area contributed by atoms with Crippen LogP contribution in [0.3, 0.4) is 0 Å². The van der Waals surface area contributed by atoms with Crippen LogP contribution in [0.4, 0.5) is 5.69 Å². The van der Waals surface area contributed by atoms with Gasteiger partial charge in [0.25, 0.3) is 0 Å². The topological polar surface area (TPSA) is 54.5 Å². The van der Waals surface area contributed by atoms with E-state index < -0.39 is 0 Å². The minimum atomic E-state index is -0.0415. The summed E-state index contributed by atoms with van der Waals surface area (Å²) in [5, 5.41) is 2.91. The quantitative estimate of drug-likeness (QED) is 0.837. The smallest absolute Gasteiger partial charge is 0.230 e. The van der Waals surface area contributed by atoms with Crippen molar-refractivity contribution in [3.8, 4) is 0 Å². The van der Waals surface area contributed by atoms with Crippen LogP contribution in [0.2, 0.25) is 0 Å². The fourth-order valence-corrected chi connectivity index (χ4v) is 2.80. The molecule has 0 saturated carbocycles. The van der Waals surface area contributed by atoms with Gasteiger partial charge in [0.1, 0.15) is 0 Å². The second-order valence-electron chi connectivity index (χ2n) is 5.09. The largest absolute Gasteiger partial charge is 0.371 e. The highest BCUT2D eigenvalue weighted by Crippen LogP contribution is 2.32. The van der Waals surface area contributed by atoms with Gasteiger partial charge in [0.2, 0.25) is 5.91 Å². The Bertz CT molecular complexity index is 437. The van der Waals surface area contributed by atoms with E-state index in [-0.39, 0.29) is 24.0 Å². The van der Waals surface area contributed by atoms with Crippen LogP contribution in [-0.4, -0.2) is 48.1 Å². The van der Waals surface area contributed by atoms with Crippen molar-refractivity contribution < 1.29 is 9.53 Å². The van der Waals surface area contributed by atoms with Crippen LogP contribution in [0.15, 0.2) is 24.5 Å². The molecule has 2 bridgehead atoms. The van der Waals surface area contributed by atoms with Crippen LogP contribution in [0.1, 0.15) is 6.42 Å². The maximum atomic E-state index is 12.2. The van der Waals surface area contributed by atoms with E-state index in [0.29, 0.717) is 0 Å². The zero-order chi connectivity index (χ0) is 12.5. The summed E-state index contributed by atoms with van der Waals surface area (Å²) in [6, 6.07) is 3.66. The average molecular weight is 247 g/mol. The molecule has 1 amide bonds. The highest BCUT2D eigenvalue weighted by molar-refractivity contribution is 5.93. The molecule has 3 heterocycles. The SMILES string of the molecule is CN1C[C@@H]2C[C@@H](C(=O)Nc3cccnc3)[C@H](C1)O2. The fraction of sp³-hybridized carbons (Fsp3) is 0.538. The van der Waals surface area contributed by atoms with Crippen molar-refractivity contribution in [2.45, 2.75) is 18.6 Å². The standard InChI is InChI=1S/C13H17N3O2/c1-16-7-10-5-11(12(8-16)18-10)13(17)15-9-3-2-4-14-6-9/h2-4,6,10-12H,5,7-8H2,1H3,(H,15,17)/t10-,11+,12-/m0/s1. The number of likely N-dealkylation sites (tertiary alicyclic amines) is 1. The number of nitrogens with one attached hydrogen (secondary N) is 1. The third-order valence-corrected chi connectivity index (χ3v) is 3.61. The molecular formula is C13H17N3O2. The molecule has 5 nitrogen and oxygen atoms in total. The summed E-state index contributed by atoms with van der Waals surface area (Å²) in [6.07, 6.45) is 4.41. The van der Waals surface area contributed by atoms with Gasteiger partial charge >= 0.3 is 0 Å². The van der Waals surface area contributed by atoms with Crippen molar-refractivity contribution in [3.05, 3.63) is 24.5 Å². The predicted molar refractivity (Wildman–Crippen MR) is 67.1 cm³/mol. The first-order chi connectivity index (χ1) is 8.72. The lowest BCUT2D eigenvalue weighted by molar-refractivity contribution is -0.122. The zero-order valence-electron chi connectivity index (χ0n) is 10.4. The Morgan fingerprint density at radius 2 is 2.44 bits per heavy atom. The van der Waals surface area contributed by atoms with Gasteiger partial charge in [-0.05, 0) is 25.6 Å². The molecular weight excluding hydrogens is 230 g/mol. The molecule has 0 unspecified atom stereocenters. The van der Waals surface area contributed by atoms with Gasteiger partial charge in [-0.15, -0.1) is 0 Å². The van der Waals surface area contributed by atoms with Crippen LogP contribution in [-0.2, 0) is 9.53 Å². The molecule has 0 spiro atoms. The molecule has 18 heavy (non-hydrogen) atoms. The van der Waals surface area contributed by atoms with E-state index in [4.69, 9.17) is 4.74 Å². The predicted octanol–water partition coefficient (Wildman–Crippen LogP) is 0.739. The minimum absolute atomic E-state index is 0.0328. The molecule has 96 valence electrons. The maximum Gasteiger partial charge on any atom is 0.230 e. The van der Waals surface area contributed by atoms with E-state index in [1.54, 1.807) is 12.4 Å². The van der Waals surface area contributed by atoms with Gasteiger partial charge in [0.15, 0.2) is 0 Å². The van der Waals surface area contributed by atoms with E-state index in [9.17, 15) is 4.79 Å². The summed E-state index contributed by atoms with van der Waals surface area (Å²) < 4.78 is 5.82. The summed E-state index contributed by atoms with van der Waals surface area (Å²) in [5.41, 5.74) is 0.748. The number of hydrogen-bond donors (Lipinski definition) is 1. The van der Waals surface area contributed by atoms with Gasteiger partial charge in [-0.1, -0.05) is 0 Å². The molecule has 2 saturated heterocycles. The van der Waals surface area contributed by atoms with Crippen molar-refractivity contribution in [2.75, 3.05) is 25.5 Å². The number of fused-ring (bicyclic) bond motifs is 2. The van der Waals surface area contributed by atoms with Crippen LogP contribution >= 0.6 is 0 Å². The summed E-state index contributed by atoms with van der Waals surface area (Å²) in [4.78, 5) is 18.4. The summed E-state index contributed by atoms with van der Waals surface area (Å²) in [5.74, 6) is 0.00551. The molecule has 2 fully saturated rings.